The second-order valence-electron chi connectivity index (χ2n) is 8.59. The van der Waals surface area contributed by atoms with Crippen molar-refractivity contribution in [3.8, 4) is 5.69 Å². The SMILES string of the molecule is Cc1ccc(Cc2nc(Nc3ccc(-n4ccnc4C)cc3)nc3c2CN(C)CC3)cc1. The third-order valence-corrected chi connectivity index (χ3v) is 6.06. The van der Waals surface area contributed by atoms with E-state index in [1.165, 1.54) is 16.7 Å². The van der Waals surface area contributed by atoms with Crippen molar-refractivity contribution in [2.45, 2.75) is 33.2 Å². The van der Waals surface area contributed by atoms with Crippen molar-refractivity contribution in [2.75, 3.05) is 18.9 Å². The van der Waals surface area contributed by atoms with Gasteiger partial charge in [0.1, 0.15) is 5.82 Å². The van der Waals surface area contributed by atoms with Crippen LogP contribution < -0.4 is 5.32 Å². The molecule has 0 fully saturated rings. The molecule has 32 heavy (non-hydrogen) atoms. The van der Waals surface area contributed by atoms with Crippen LogP contribution in [0.3, 0.4) is 0 Å². The molecule has 0 bridgehead atoms. The van der Waals surface area contributed by atoms with E-state index < -0.39 is 0 Å². The molecule has 3 heterocycles. The maximum absolute atomic E-state index is 4.96. The summed E-state index contributed by atoms with van der Waals surface area (Å²) in [5.74, 6) is 1.64. The molecule has 162 valence electrons. The molecule has 5 rings (SSSR count). The minimum atomic E-state index is 0.668. The van der Waals surface area contributed by atoms with Crippen LogP contribution in [0.2, 0.25) is 0 Å². The summed E-state index contributed by atoms with van der Waals surface area (Å²) in [6.07, 6.45) is 5.55. The van der Waals surface area contributed by atoms with Gasteiger partial charge in [-0.25, -0.2) is 15.0 Å². The van der Waals surface area contributed by atoms with Gasteiger partial charge in [0, 0.05) is 55.3 Å². The molecule has 1 aliphatic rings. The van der Waals surface area contributed by atoms with Crippen LogP contribution in [0.5, 0.6) is 0 Å². The largest absolute Gasteiger partial charge is 0.324 e. The first-order valence-electron chi connectivity index (χ1n) is 11.1. The van der Waals surface area contributed by atoms with Gasteiger partial charge < -0.3 is 14.8 Å². The maximum Gasteiger partial charge on any atom is 0.227 e. The van der Waals surface area contributed by atoms with Crippen LogP contribution in [0.25, 0.3) is 5.69 Å². The lowest BCUT2D eigenvalue weighted by Crippen LogP contribution is -2.29. The van der Waals surface area contributed by atoms with E-state index in [4.69, 9.17) is 9.97 Å². The quantitative estimate of drug-likeness (QED) is 0.507. The number of aromatic nitrogens is 4. The number of hydrogen-bond acceptors (Lipinski definition) is 5. The summed E-state index contributed by atoms with van der Waals surface area (Å²) in [5, 5.41) is 3.43. The number of anilines is 2. The van der Waals surface area contributed by atoms with Gasteiger partial charge in [0.15, 0.2) is 0 Å². The molecule has 2 aromatic heterocycles. The lowest BCUT2D eigenvalue weighted by Gasteiger charge is -2.26. The van der Waals surface area contributed by atoms with E-state index in [1.807, 2.05) is 19.3 Å². The molecule has 1 aliphatic heterocycles. The Morgan fingerprint density at radius 1 is 0.969 bits per heavy atom. The lowest BCUT2D eigenvalue weighted by molar-refractivity contribution is 0.308. The molecule has 2 aromatic carbocycles. The van der Waals surface area contributed by atoms with E-state index in [1.54, 1.807) is 0 Å². The Morgan fingerprint density at radius 3 is 2.47 bits per heavy atom. The van der Waals surface area contributed by atoms with E-state index in [-0.39, 0.29) is 0 Å². The van der Waals surface area contributed by atoms with Crippen LogP contribution in [0.1, 0.15) is 33.9 Å². The highest BCUT2D eigenvalue weighted by molar-refractivity contribution is 5.56. The summed E-state index contributed by atoms with van der Waals surface area (Å²) in [4.78, 5) is 16.5. The minimum Gasteiger partial charge on any atom is -0.324 e. The van der Waals surface area contributed by atoms with Gasteiger partial charge in [0.05, 0.1) is 11.4 Å². The number of fused-ring (bicyclic) bond motifs is 1. The van der Waals surface area contributed by atoms with Gasteiger partial charge in [0.25, 0.3) is 0 Å². The first kappa shape index (κ1) is 20.4. The van der Waals surface area contributed by atoms with Gasteiger partial charge in [-0.1, -0.05) is 29.8 Å². The van der Waals surface area contributed by atoms with E-state index >= 15 is 0 Å². The first-order valence-corrected chi connectivity index (χ1v) is 11.1. The molecule has 0 saturated heterocycles. The van der Waals surface area contributed by atoms with Crippen molar-refractivity contribution in [1.82, 2.24) is 24.4 Å². The van der Waals surface area contributed by atoms with Crippen LogP contribution in [-0.2, 0) is 19.4 Å². The first-order chi connectivity index (χ1) is 15.5. The van der Waals surface area contributed by atoms with Crippen LogP contribution in [0.4, 0.5) is 11.6 Å². The van der Waals surface area contributed by atoms with Crippen molar-refractivity contribution in [3.05, 3.63) is 94.8 Å². The number of nitrogens with one attached hydrogen (secondary N) is 1. The normalized spacial score (nSPS) is 13.7. The Kier molecular flexibility index (Phi) is 5.45. The minimum absolute atomic E-state index is 0.668. The molecule has 0 atom stereocenters. The van der Waals surface area contributed by atoms with Crippen LogP contribution in [-0.4, -0.2) is 38.0 Å². The number of hydrogen-bond donors (Lipinski definition) is 1. The Labute approximate surface area is 189 Å². The number of likely N-dealkylation sites (N-methyl/N-ethyl adjacent to an activating group) is 1. The smallest absolute Gasteiger partial charge is 0.227 e. The van der Waals surface area contributed by atoms with E-state index in [0.717, 1.165) is 54.5 Å². The fourth-order valence-corrected chi connectivity index (χ4v) is 4.20. The Balaban J connectivity index is 1.43. The molecule has 4 aromatic rings. The molecule has 0 spiro atoms. The average Bonchev–Trinajstić information content (AvgIpc) is 3.22. The zero-order chi connectivity index (χ0) is 22.1. The summed E-state index contributed by atoms with van der Waals surface area (Å²) in [7, 11) is 2.16. The Hall–Kier alpha value is -3.51. The number of imidazole rings is 1. The Bertz CT molecular complexity index is 1220. The van der Waals surface area contributed by atoms with E-state index in [2.05, 4.69) is 82.3 Å². The topological polar surface area (TPSA) is 58.9 Å². The highest BCUT2D eigenvalue weighted by Crippen LogP contribution is 2.25. The highest BCUT2D eigenvalue weighted by atomic mass is 15.1. The standard InChI is InChI=1S/C26H28N6/c1-18-4-6-20(7-5-18)16-25-23-17-31(3)14-12-24(23)29-26(30-25)28-21-8-10-22(11-9-21)32-15-13-27-19(32)2/h4-11,13,15H,12,14,16-17H2,1-3H3,(H,28,29,30). The molecule has 6 heteroatoms. The second-order valence-corrected chi connectivity index (χ2v) is 8.59. The third-order valence-electron chi connectivity index (χ3n) is 6.06. The fourth-order valence-electron chi connectivity index (χ4n) is 4.20. The molecular weight excluding hydrogens is 396 g/mol. The summed E-state index contributed by atoms with van der Waals surface area (Å²) in [6.45, 7) is 6.04. The third kappa shape index (κ3) is 4.27. The second kappa shape index (κ2) is 8.55. The van der Waals surface area contributed by atoms with Crippen molar-refractivity contribution in [1.29, 1.82) is 0 Å². The number of benzene rings is 2. The lowest BCUT2D eigenvalue weighted by atomic mass is 9.99. The van der Waals surface area contributed by atoms with E-state index in [9.17, 15) is 0 Å². The van der Waals surface area contributed by atoms with Gasteiger partial charge in [-0.05, 0) is 50.7 Å². The molecular formula is C26H28N6. The van der Waals surface area contributed by atoms with Gasteiger partial charge >= 0.3 is 0 Å². The molecule has 0 aliphatic carbocycles. The summed E-state index contributed by atoms with van der Waals surface area (Å²) in [6, 6.07) is 17.0. The van der Waals surface area contributed by atoms with Crippen LogP contribution in [0.15, 0.2) is 60.9 Å². The molecule has 0 radical (unpaired) electrons. The predicted molar refractivity (Wildman–Crippen MR) is 128 cm³/mol. The number of rotatable bonds is 5. The van der Waals surface area contributed by atoms with E-state index in [0.29, 0.717) is 5.95 Å². The van der Waals surface area contributed by atoms with Gasteiger partial charge in [-0.2, -0.15) is 0 Å². The summed E-state index contributed by atoms with van der Waals surface area (Å²) >= 11 is 0. The van der Waals surface area contributed by atoms with Gasteiger partial charge in [0.2, 0.25) is 5.95 Å². The van der Waals surface area contributed by atoms with Gasteiger partial charge in [-0.3, -0.25) is 0 Å². The van der Waals surface area contributed by atoms with Crippen molar-refractivity contribution in [3.63, 3.8) is 0 Å². The maximum atomic E-state index is 4.96. The number of aryl methyl sites for hydroxylation is 2. The molecule has 0 unspecified atom stereocenters. The van der Waals surface area contributed by atoms with Crippen molar-refractivity contribution in [2.24, 2.45) is 0 Å². The zero-order valence-electron chi connectivity index (χ0n) is 18.8. The van der Waals surface area contributed by atoms with Crippen LogP contribution in [0, 0.1) is 13.8 Å². The zero-order valence-corrected chi connectivity index (χ0v) is 18.8. The summed E-state index contributed by atoms with van der Waals surface area (Å²) in [5.41, 5.74) is 8.15. The van der Waals surface area contributed by atoms with Crippen molar-refractivity contribution >= 4 is 11.6 Å². The summed E-state index contributed by atoms with van der Waals surface area (Å²) < 4.78 is 2.06. The molecule has 0 amide bonds. The highest BCUT2D eigenvalue weighted by Gasteiger charge is 2.21. The van der Waals surface area contributed by atoms with Crippen molar-refractivity contribution < 1.29 is 0 Å². The fraction of sp³-hybridized carbons (Fsp3) is 0.269. The predicted octanol–water partition coefficient (Wildman–Crippen LogP) is 4.60. The number of nitrogens with zero attached hydrogens (tertiary/aromatic N) is 5. The Morgan fingerprint density at radius 2 is 1.75 bits per heavy atom. The average molecular weight is 425 g/mol. The molecule has 0 saturated carbocycles. The van der Waals surface area contributed by atoms with Gasteiger partial charge in [-0.15, -0.1) is 0 Å². The molecule has 6 nitrogen and oxygen atoms in total. The molecule has 1 N–H and O–H groups in total. The van der Waals surface area contributed by atoms with Crippen LogP contribution >= 0.6 is 0 Å². The monoisotopic (exact) mass is 424 g/mol.